The van der Waals surface area contributed by atoms with Crippen LogP contribution in [0.4, 0.5) is 10.1 Å². The van der Waals surface area contributed by atoms with Gasteiger partial charge in [-0.05, 0) is 26.0 Å². The van der Waals surface area contributed by atoms with Crippen molar-refractivity contribution in [2.24, 2.45) is 0 Å². The van der Waals surface area contributed by atoms with Crippen LogP contribution >= 0.6 is 0 Å². The summed E-state index contributed by atoms with van der Waals surface area (Å²) in [6.07, 6.45) is 0. The summed E-state index contributed by atoms with van der Waals surface area (Å²) in [5, 5.41) is 0. The number of nitrogens with zero attached hydrogens (tertiary/aromatic N) is 1. The average Bonchev–Trinajstić information content (AvgIpc) is 2.16. The molecule has 1 aliphatic rings. The molecule has 14 heavy (non-hydrogen) atoms. The molecule has 0 fully saturated rings. The number of anilines is 1. The number of hydrogen-bond donors (Lipinski definition) is 0. The first-order valence-electron chi connectivity index (χ1n) is 4.87. The summed E-state index contributed by atoms with van der Waals surface area (Å²) < 4.78 is 18.5. The molecule has 76 valence electrons. The number of ether oxygens (including phenoxy) is 1. The van der Waals surface area contributed by atoms with Gasteiger partial charge in [-0.25, -0.2) is 4.39 Å². The molecule has 3 heteroatoms. The molecule has 2 nitrogen and oxygen atoms in total. The van der Waals surface area contributed by atoms with Gasteiger partial charge in [0.25, 0.3) is 0 Å². The van der Waals surface area contributed by atoms with Crippen molar-refractivity contribution in [3.05, 3.63) is 24.0 Å². The van der Waals surface area contributed by atoms with Crippen LogP contribution in [0.15, 0.2) is 18.2 Å². The Kier molecular flexibility index (Phi) is 2.32. The molecule has 0 spiro atoms. The molecule has 0 aromatic heterocycles. The number of fused-ring (bicyclic) bond motifs is 1. The van der Waals surface area contributed by atoms with Crippen LogP contribution in [0.25, 0.3) is 0 Å². The molecule has 0 saturated carbocycles. The lowest BCUT2D eigenvalue weighted by Gasteiger charge is -2.34. The molecular weight excluding hydrogens is 181 g/mol. The van der Waals surface area contributed by atoms with Crippen LogP contribution in [-0.4, -0.2) is 19.2 Å². The summed E-state index contributed by atoms with van der Waals surface area (Å²) in [5.41, 5.74) is 0.867. The third-order valence-corrected chi connectivity index (χ3v) is 2.44. The Hall–Kier alpha value is -1.25. The fourth-order valence-corrected chi connectivity index (χ4v) is 1.75. The maximum atomic E-state index is 13.0. The van der Waals surface area contributed by atoms with E-state index in [-0.39, 0.29) is 5.82 Å². The minimum Gasteiger partial charge on any atom is -0.490 e. The zero-order valence-electron chi connectivity index (χ0n) is 8.46. The number of benzene rings is 1. The maximum Gasteiger partial charge on any atom is 0.142 e. The van der Waals surface area contributed by atoms with Crippen LogP contribution in [-0.2, 0) is 0 Å². The van der Waals surface area contributed by atoms with Gasteiger partial charge in [-0.15, -0.1) is 0 Å². The number of halogens is 1. The summed E-state index contributed by atoms with van der Waals surface area (Å²) >= 11 is 0. The Morgan fingerprint density at radius 1 is 1.43 bits per heavy atom. The topological polar surface area (TPSA) is 12.5 Å². The molecule has 0 amide bonds. The first-order valence-corrected chi connectivity index (χ1v) is 4.87. The number of hydrogen-bond acceptors (Lipinski definition) is 2. The van der Waals surface area contributed by atoms with Crippen LogP contribution in [0.5, 0.6) is 5.75 Å². The van der Waals surface area contributed by atoms with Gasteiger partial charge < -0.3 is 9.64 Å². The van der Waals surface area contributed by atoms with Crippen molar-refractivity contribution in [1.29, 1.82) is 0 Å². The molecule has 2 rings (SSSR count). The van der Waals surface area contributed by atoms with E-state index in [1.54, 1.807) is 6.07 Å². The van der Waals surface area contributed by atoms with E-state index < -0.39 is 0 Å². The van der Waals surface area contributed by atoms with Crippen molar-refractivity contribution in [2.45, 2.75) is 19.9 Å². The minimum absolute atomic E-state index is 0.208. The third kappa shape index (κ3) is 1.54. The van der Waals surface area contributed by atoms with Gasteiger partial charge in [-0.1, -0.05) is 0 Å². The fraction of sp³-hybridized carbons (Fsp3) is 0.455. The SMILES string of the molecule is CC(C)N1CCOc2ccc(F)cc21. The van der Waals surface area contributed by atoms with E-state index in [0.29, 0.717) is 12.6 Å². The molecule has 1 aromatic carbocycles. The van der Waals surface area contributed by atoms with Gasteiger partial charge in [0.05, 0.1) is 12.2 Å². The van der Waals surface area contributed by atoms with Crippen molar-refractivity contribution in [2.75, 3.05) is 18.1 Å². The van der Waals surface area contributed by atoms with Crippen LogP contribution < -0.4 is 9.64 Å². The summed E-state index contributed by atoms with van der Waals surface area (Å²) in [4.78, 5) is 2.15. The summed E-state index contributed by atoms with van der Waals surface area (Å²) in [6, 6.07) is 5.04. The Bertz CT molecular complexity index is 338. The van der Waals surface area contributed by atoms with E-state index in [0.717, 1.165) is 18.0 Å². The highest BCUT2D eigenvalue weighted by Gasteiger charge is 2.20. The van der Waals surface area contributed by atoms with Gasteiger partial charge >= 0.3 is 0 Å². The van der Waals surface area contributed by atoms with E-state index in [4.69, 9.17) is 4.74 Å². The van der Waals surface area contributed by atoms with E-state index in [9.17, 15) is 4.39 Å². The second kappa shape index (κ2) is 3.48. The normalized spacial score (nSPS) is 15.3. The van der Waals surface area contributed by atoms with Crippen LogP contribution in [0, 0.1) is 5.82 Å². The van der Waals surface area contributed by atoms with Crippen LogP contribution in [0.1, 0.15) is 13.8 Å². The quantitative estimate of drug-likeness (QED) is 0.682. The Labute approximate surface area is 83.3 Å². The standard InChI is InChI=1S/C11H14FNO/c1-8(2)13-5-6-14-11-4-3-9(12)7-10(11)13/h3-4,7-8H,5-6H2,1-2H3. The maximum absolute atomic E-state index is 13.0. The van der Waals surface area contributed by atoms with Gasteiger partial charge in [-0.2, -0.15) is 0 Å². The first kappa shape index (κ1) is 9.31. The zero-order valence-corrected chi connectivity index (χ0v) is 8.46. The Morgan fingerprint density at radius 2 is 2.21 bits per heavy atom. The van der Waals surface area contributed by atoms with Crippen LogP contribution in [0.3, 0.4) is 0 Å². The smallest absolute Gasteiger partial charge is 0.142 e. The molecular formula is C11H14FNO. The van der Waals surface area contributed by atoms with E-state index in [1.807, 2.05) is 0 Å². The van der Waals surface area contributed by atoms with Gasteiger partial charge in [0.15, 0.2) is 0 Å². The first-order chi connectivity index (χ1) is 6.68. The van der Waals surface area contributed by atoms with Gasteiger partial charge in [0, 0.05) is 12.1 Å². The highest BCUT2D eigenvalue weighted by atomic mass is 19.1. The Morgan fingerprint density at radius 3 is 2.93 bits per heavy atom. The monoisotopic (exact) mass is 195 g/mol. The lowest BCUT2D eigenvalue weighted by atomic mass is 10.2. The van der Waals surface area contributed by atoms with Crippen molar-refractivity contribution >= 4 is 5.69 Å². The predicted octanol–water partition coefficient (Wildman–Crippen LogP) is 2.43. The number of rotatable bonds is 1. The Balaban J connectivity index is 2.41. The van der Waals surface area contributed by atoms with E-state index in [2.05, 4.69) is 18.7 Å². The van der Waals surface area contributed by atoms with Crippen molar-refractivity contribution < 1.29 is 9.13 Å². The highest BCUT2D eigenvalue weighted by molar-refractivity contribution is 5.60. The molecule has 0 unspecified atom stereocenters. The lowest BCUT2D eigenvalue weighted by Crippen LogP contribution is -2.37. The lowest BCUT2D eigenvalue weighted by molar-refractivity contribution is 0.302. The van der Waals surface area contributed by atoms with Crippen molar-refractivity contribution in [1.82, 2.24) is 0 Å². The molecule has 0 atom stereocenters. The van der Waals surface area contributed by atoms with Gasteiger partial charge in [0.1, 0.15) is 18.2 Å². The summed E-state index contributed by atoms with van der Waals surface area (Å²) in [7, 11) is 0. The second-order valence-corrected chi connectivity index (χ2v) is 3.75. The van der Waals surface area contributed by atoms with Gasteiger partial charge in [0.2, 0.25) is 0 Å². The predicted molar refractivity (Wildman–Crippen MR) is 54.4 cm³/mol. The van der Waals surface area contributed by atoms with Crippen molar-refractivity contribution in [3.8, 4) is 5.75 Å². The largest absolute Gasteiger partial charge is 0.490 e. The molecule has 0 radical (unpaired) electrons. The zero-order chi connectivity index (χ0) is 10.1. The highest BCUT2D eigenvalue weighted by Crippen LogP contribution is 2.33. The second-order valence-electron chi connectivity index (χ2n) is 3.75. The molecule has 0 aliphatic carbocycles. The average molecular weight is 195 g/mol. The van der Waals surface area contributed by atoms with Crippen LogP contribution in [0.2, 0.25) is 0 Å². The molecule has 1 aromatic rings. The molecule has 1 heterocycles. The molecule has 1 aliphatic heterocycles. The van der Waals surface area contributed by atoms with E-state index in [1.165, 1.54) is 12.1 Å². The molecule has 0 saturated heterocycles. The minimum atomic E-state index is -0.208. The third-order valence-electron chi connectivity index (χ3n) is 2.44. The summed E-state index contributed by atoms with van der Waals surface area (Å²) in [6.45, 7) is 5.70. The van der Waals surface area contributed by atoms with E-state index >= 15 is 0 Å². The fourth-order valence-electron chi connectivity index (χ4n) is 1.75. The molecule has 0 bridgehead atoms. The molecule has 0 N–H and O–H groups in total. The van der Waals surface area contributed by atoms with Gasteiger partial charge in [-0.3, -0.25) is 0 Å². The van der Waals surface area contributed by atoms with Crippen molar-refractivity contribution in [3.63, 3.8) is 0 Å². The summed E-state index contributed by atoms with van der Waals surface area (Å²) in [5.74, 6) is 0.575.